The van der Waals surface area contributed by atoms with Gasteiger partial charge in [-0.2, -0.15) is 13.2 Å². The summed E-state index contributed by atoms with van der Waals surface area (Å²) in [5.41, 5.74) is 0.869. The summed E-state index contributed by atoms with van der Waals surface area (Å²) < 4.78 is 41.0. The van der Waals surface area contributed by atoms with Crippen LogP contribution in [0.25, 0.3) is 0 Å². The molecule has 172 valence electrons. The molecule has 0 bridgehead atoms. The first kappa shape index (κ1) is 22.5. The zero-order chi connectivity index (χ0) is 23.0. The highest BCUT2D eigenvalue weighted by Crippen LogP contribution is 2.35. The molecule has 1 unspecified atom stereocenters. The lowest BCUT2D eigenvalue weighted by atomic mass is 9.83. The molecule has 2 amide bonds. The Hall–Kier alpha value is -2.71. The zero-order valence-electron chi connectivity index (χ0n) is 17.5. The number of carbonyl (C=O) groups excluding carboxylic acids is 4. The largest absolute Gasteiger partial charge is 0.408 e. The summed E-state index contributed by atoms with van der Waals surface area (Å²) >= 11 is 0. The van der Waals surface area contributed by atoms with Gasteiger partial charge in [-0.15, -0.1) is 0 Å². The number of halogens is 3. The summed E-state index contributed by atoms with van der Waals surface area (Å²) in [6.07, 6.45) is -1.05. The van der Waals surface area contributed by atoms with Crippen LogP contribution in [0.3, 0.4) is 0 Å². The van der Waals surface area contributed by atoms with Crippen molar-refractivity contribution in [3.63, 3.8) is 0 Å². The predicted molar refractivity (Wildman–Crippen MR) is 108 cm³/mol. The molecule has 0 aromatic heterocycles. The van der Waals surface area contributed by atoms with Crippen LogP contribution in [0.1, 0.15) is 77.6 Å². The molecule has 2 fully saturated rings. The Labute approximate surface area is 183 Å². The van der Waals surface area contributed by atoms with Gasteiger partial charge in [0.25, 0.3) is 11.8 Å². The first-order chi connectivity index (χ1) is 15.1. The van der Waals surface area contributed by atoms with E-state index in [4.69, 9.17) is 0 Å². The summed E-state index contributed by atoms with van der Waals surface area (Å²) in [7, 11) is 0. The highest BCUT2D eigenvalue weighted by molar-refractivity contribution is 6.08. The van der Waals surface area contributed by atoms with Crippen molar-refractivity contribution < 1.29 is 32.3 Å². The molecule has 9 heteroatoms. The molecule has 1 aromatic rings. The van der Waals surface area contributed by atoms with E-state index < -0.39 is 30.1 Å². The van der Waals surface area contributed by atoms with Crippen LogP contribution in [0.5, 0.6) is 0 Å². The summed E-state index contributed by atoms with van der Waals surface area (Å²) in [6.45, 7) is 0.0885. The third kappa shape index (κ3) is 4.42. The quantitative estimate of drug-likeness (QED) is 0.711. The van der Waals surface area contributed by atoms with Gasteiger partial charge in [-0.25, -0.2) is 0 Å². The van der Waals surface area contributed by atoms with E-state index in [-0.39, 0.29) is 48.8 Å². The number of rotatable bonds is 4. The SMILES string of the molecule is O=C1CCC(N2Cc3cc(C(=O)N[C@H](C4CCCCC4)C(F)(F)F)ccc3C2=O)C(=O)C1. The number of fused-ring (bicyclic) bond motifs is 1. The van der Waals surface area contributed by atoms with Gasteiger partial charge in [0, 0.05) is 24.1 Å². The van der Waals surface area contributed by atoms with E-state index in [1.165, 1.54) is 23.1 Å². The average Bonchev–Trinajstić information content (AvgIpc) is 3.07. The molecule has 1 aliphatic heterocycles. The summed E-state index contributed by atoms with van der Waals surface area (Å²) in [4.78, 5) is 50.6. The second-order valence-corrected chi connectivity index (χ2v) is 8.93. The molecule has 1 N–H and O–H groups in total. The average molecular weight is 450 g/mol. The van der Waals surface area contributed by atoms with Crippen molar-refractivity contribution >= 4 is 23.4 Å². The highest BCUT2D eigenvalue weighted by atomic mass is 19.4. The van der Waals surface area contributed by atoms with E-state index >= 15 is 0 Å². The van der Waals surface area contributed by atoms with Crippen LogP contribution < -0.4 is 5.32 Å². The molecule has 2 saturated carbocycles. The smallest absolute Gasteiger partial charge is 0.340 e. The van der Waals surface area contributed by atoms with Crippen molar-refractivity contribution in [1.29, 1.82) is 0 Å². The summed E-state index contributed by atoms with van der Waals surface area (Å²) in [5, 5.41) is 2.18. The Morgan fingerprint density at radius 1 is 1.06 bits per heavy atom. The van der Waals surface area contributed by atoms with E-state index in [0.29, 0.717) is 24.0 Å². The van der Waals surface area contributed by atoms with Crippen LogP contribution in [0.15, 0.2) is 18.2 Å². The van der Waals surface area contributed by atoms with Gasteiger partial charge >= 0.3 is 6.18 Å². The Morgan fingerprint density at radius 3 is 2.44 bits per heavy atom. The van der Waals surface area contributed by atoms with E-state index in [1.54, 1.807) is 0 Å². The minimum Gasteiger partial charge on any atom is -0.340 e. The standard InChI is InChI=1S/C23H25F3N2O4/c24-23(25,26)20(13-4-2-1-3-5-13)27-21(31)14-6-8-17-15(10-14)12-28(22(17)32)18-9-7-16(29)11-19(18)30/h6,8,10,13,18,20H,1-5,7,9,11-12H2,(H,27,31)/t18?,20-/m1/s1. The van der Waals surface area contributed by atoms with Gasteiger partial charge in [-0.3, -0.25) is 19.2 Å². The minimum atomic E-state index is -4.54. The molecule has 3 aliphatic rings. The molecule has 1 heterocycles. The molecule has 4 rings (SSSR count). The van der Waals surface area contributed by atoms with Crippen molar-refractivity contribution in [2.45, 2.75) is 76.2 Å². The third-order valence-corrected chi connectivity index (χ3v) is 6.78. The van der Waals surface area contributed by atoms with Crippen LogP contribution in [0.2, 0.25) is 0 Å². The maximum absolute atomic E-state index is 13.7. The lowest BCUT2D eigenvalue weighted by molar-refractivity contribution is -0.167. The van der Waals surface area contributed by atoms with Crippen LogP contribution >= 0.6 is 0 Å². The molecular formula is C23H25F3N2O4. The van der Waals surface area contributed by atoms with Crippen LogP contribution in [0, 0.1) is 5.92 Å². The van der Waals surface area contributed by atoms with E-state index in [1.807, 2.05) is 0 Å². The van der Waals surface area contributed by atoms with E-state index in [9.17, 15) is 32.3 Å². The fourth-order valence-corrected chi connectivity index (χ4v) is 5.08. The van der Waals surface area contributed by atoms with Gasteiger partial charge in [-0.05, 0) is 48.9 Å². The first-order valence-corrected chi connectivity index (χ1v) is 11.0. The molecule has 0 spiro atoms. The second kappa shape index (κ2) is 8.67. The van der Waals surface area contributed by atoms with Crippen molar-refractivity contribution in [3.8, 4) is 0 Å². The number of amides is 2. The molecule has 0 saturated heterocycles. The maximum atomic E-state index is 13.7. The number of carbonyl (C=O) groups is 4. The third-order valence-electron chi connectivity index (χ3n) is 6.78. The molecule has 2 aliphatic carbocycles. The van der Waals surface area contributed by atoms with Crippen molar-refractivity contribution in [1.82, 2.24) is 10.2 Å². The number of Topliss-reactive ketones (excluding diaryl/α,β-unsaturated/α-hetero) is 2. The maximum Gasteiger partial charge on any atom is 0.408 e. The topological polar surface area (TPSA) is 83.6 Å². The van der Waals surface area contributed by atoms with Gasteiger partial charge in [0.15, 0.2) is 5.78 Å². The van der Waals surface area contributed by atoms with Crippen molar-refractivity contribution in [3.05, 3.63) is 34.9 Å². The molecule has 6 nitrogen and oxygen atoms in total. The molecule has 2 atom stereocenters. The van der Waals surface area contributed by atoms with Gasteiger partial charge < -0.3 is 10.2 Å². The number of nitrogens with one attached hydrogen (secondary N) is 1. The number of hydrogen-bond acceptors (Lipinski definition) is 4. The lowest BCUT2D eigenvalue weighted by Crippen LogP contribution is -2.50. The van der Waals surface area contributed by atoms with E-state index in [0.717, 1.165) is 19.3 Å². The summed E-state index contributed by atoms with van der Waals surface area (Å²) in [6, 6.07) is 1.60. The monoisotopic (exact) mass is 450 g/mol. The zero-order valence-corrected chi connectivity index (χ0v) is 17.5. The predicted octanol–water partition coefficient (Wildman–Crippen LogP) is 3.57. The molecule has 0 radical (unpaired) electrons. The van der Waals surface area contributed by atoms with Crippen LogP contribution in [-0.2, 0) is 16.1 Å². The van der Waals surface area contributed by atoms with Gasteiger partial charge in [0.1, 0.15) is 11.8 Å². The fourth-order valence-electron chi connectivity index (χ4n) is 5.08. The minimum absolute atomic E-state index is 0.0496. The molecule has 32 heavy (non-hydrogen) atoms. The van der Waals surface area contributed by atoms with Crippen LogP contribution in [0.4, 0.5) is 13.2 Å². The first-order valence-electron chi connectivity index (χ1n) is 11.0. The summed E-state index contributed by atoms with van der Waals surface area (Å²) in [5.74, 6) is -2.28. The number of hydrogen-bond donors (Lipinski definition) is 1. The second-order valence-electron chi connectivity index (χ2n) is 8.93. The van der Waals surface area contributed by atoms with Crippen molar-refractivity contribution in [2.75, 3.05) is 0 Å². The Morgan fingerprint density at radius 2 is 1.78 bits per heavy atom. The highest BCUT2D eigenvalue weighted by Gasteiger charge is 2.46. The fraction of sp³-hybridized carbons (Fsp3) is 0.565. The normalized spacial score (nSPS) is 23.3. The number of nitrogens with zero attached hydrogens (tertiary/aromatic N) is 1. The van der Waals surface area contributed by atoms with Gasteiger partial charge in [0.2, 0.25) is 0 Å². The van der Waals surface area contributed by atoms with Gasteiger partial charge in [0.05, 0.1) is 12.5 Å². The number of alkyl halides is 3. The van der Waals surface area contributed by atoms with Crippen molar-refractivity contribution in [2.24, 2.45) is 5.92 Å². The van der Waals surface area contributed by atoms with E-state index in [2.05, 4.69) is 5.32 Å². The number of ketones is 2. The lowest BCUT2D eigenvalue weighted by Gasteiger charge is -2.32. The molecule has 1 aromatic carbocycles. The van der Waals surface area contributed by atoms with Gasteiger partial charge in [-0.1, -0.05) is 19.3 Å². The van der Waals surface area contributed by atoms with Crippen LogP contribution in [-0.4, -0.2) is 46.5 Å². The number of benzene rings is 1. The Balaban J connectivity index is 1.50. The molecular weight excluding hydrogens is 425 g/mol. The Kier molecular flexibility index (Phi) is 6.09. The Bertz CT molecular complexity index is 953.